The Morgan fingerprint density at radius 2 is 1.88 bits per heavy atom. The maximum Gasteiger partial charge on any atom is 0.242 e. The average Bonchev–Trinajstić information content (AvgIpc) is 2.39. The lowest BCUT2D eigenvalue weighted by atomic mass is 9.96. The van der Waals surface area contributed by atoms with Crippen LogP contribution in [-0.4, -0.2) is 71.4 Å². The van der Waals surface area contributed by atoms with Gasteiger partial charge in [0.2, 0.25) is 11.8 Å². The van der Waals surface area contributed by atoms with Crippen LogP contribution >= 0.6 is 24.0 Å². The molecule has 0 aromatic rings. The number of nitrogens with one attached hydrogen (secondary N) is 2. The lowest BCUT2D eigenvalue weighted by molar-refractivity contribution is -0.145. The van der Waals surface area contributed by atoms with E-state index in [0.717, 1.165) is 0 Å². The van der Waals surface area contributed by atoms with Gasteiger partial charge in [0.05, 0.1) is 12.1 Å². The zero-order chi connectivity index (χ0) is 19.4. The van der Waals surface area contributed by atoms with Crippen molar-refractivity contribution < 1.29 is 9.59 Å². The molecule has 152 valence electrons. The molecule has 1 aliphatic rings. The average molecular weight is 481 g/mol. The summed E-state index contributed by atoms with van der Waals surface area (Å²) in [6, 6.07) is 0.167. The predicted molar refractivity (Wildman–Crippen MR) is 117 cm³/mol. The van der Waals surface area contributed by atoms with E-state index in [1.807, 2.05) is 44.4 Å². The lowest BCUT2D eigenvalue weighted by Gasteiger charge is -2.49. The van der Waals surface area contributed by atoms with Crippen LogP contribution in [0, 0.1) is 0 Å². The molecule has 0 bridgehead atoms. The van der Waals surface area contributed by atoms with Gasteiger partial charge in [-0.05, 0) is 48.5 Å². The van der Waals surface area contributed by atoms with E-state index in [1.165, 1.54) is 0 Å². The first-order valence-electron chi connectivity index (χ1n) is 8.96. The van der Waals surface area contributed by atoms with Gasteiger partial charge < -0.3 is 20.4 Å². The second-order valence-electron chi connectivity index (χ2n) is 8.55. The number of nitrogens with zero attached hydrogens (tertiary/aromatic N) is 3. The zero-order valence-corrected chi connectivity index (χ0v) is 19.8. The minimum Gasteiger partial charge on any atom is -0.356 e. The Hall–Kier alpha value is -1.06. The molecule has 0 spiro atoms. The highest BCUT2D eigenvalue weighted by Crippen LogP contribution is 2.24. The molecule has 1 rings (SSSR count). The molecule has 0 aromatic heterocycles. The number of aliphatic imine (C=N–C) groups is 1. The molecule has 0 atom stereocenters. The highest BCUT2D eigenvalue weighted by atomic mass is 127. The van der Waals surface area contributed by atoms with E-state index in [9.17, 15) is 9.59 Å². The third kappa shape index (κ3) is 7.28. The molecular formula is C18H36IN5O2. The summed E-state index contributed by atoms with van der Waals surface area (Å²) in [5.41, 5.74) is -0.507. The highest BCUT2D eigenvalue weighted by Gasteiger charge is 2.40. The van der Waals surface area contributed by atoms with Gasteiger partial charge in [0.1, 0.15) is 0 Å². The Morgan fingerprint density at radius 1 is 1.31 bits per heavy atom. The molecule has 26 heavy (non-hydrogen) atoms. The van der Waals surface area contributed by atoms with Gasteiger partial charge in [0, 0.05) is 38.1 Å². The topological polar surface area (TPSA) is 77.0 Å². The first kappa shape index (κ1) is 24.9. The second-order valence-corrected chi connectivity index (χ2v) is 8.55. The van der Waals surface area contributed by atoms with Gasteiger partial charge in [-0.15, -0.1) is 24.0 Å². The van der Waals surface area contributed by atoms with Crippen molar-refractivity contribution in [3.8, 4) is 0 Å². The Morgan fingerprint density at radius 3 is 2.31 bits per heavy atom. The summed E-state index contributed by atoms with van der Waals surface area (Å²) in [5, 5.41) is 6.14. The molecule has 2 amide bonds. The number of amides is 2. The first-order valence-corrected chi connectivity index (χ1v) is 8.96. The van der Waals surface area contributed by atoms with Gasteiger partial charge in [-0.2, -0.15) is 0 Å². The van der Waals surface area contributed by atoms with Gasteiger partial charge in [-0.3, -0.25) is 14.6 Å². The number of halogens is 1. The number of piperazine rings is 1. The fourth-order valence-corrected chi connectivity index (χ4v) is 3.41. The van der Waals surface area contributed by atoms with Crippen LogP contribution in [0.1, 0.15) is 54.9 Å². The van der Waals surface area contributed by atoms with Crippen LogP contribution in [0.4, 0.5) is 0 Å². The van der Waals surface area contributed by atoms with Crippen molar-refractivity contribution in [3.05, 3.63) is 0 Å². The number of carbonyl (C=O) groups excluding carboxylic acids is 2. The smallest absolute Gasteiger partial charge is 0.242 e. The first-order chi connectivity index (χ1) is 11.4. The fraction of sp³-hybridized carbons (Fsp3) is 0.833. The van der Waals surface area contributed by atoms with E-state index < -0.39 is 0 Å². The summed E-state index contributed by atoms with van der Waals surface area (Å²) in [7, 11) is 1.70. The molecule has 2 N–H and O–H groups in total. The number of guanidine groups is 1. The normalized spacial score (nSPS) is 17.9. The summed E-state index contributed by atoms with van der Waals surface area (Å²) in [5.74, 6) is 0.754. The Balaban J connectivity index is 0.00000625. The summed E-state index contributed by atoms with van der Waals surface area (Å²) >= 11 is 0. The lowest BCUT2D eigenvalue weighted by Crippen LogP contribution is -2.66. The van der Waals surface area contributed by atoms with Crippen LogP contribution in [0.15, 0.2) is 4.99 Å². The Labute approximate surface area is 175 Å². The Kier molecular flexibility index (Phi) is 9.36. The third-order valence-electron chi connectivity index (χ3n) is 4.00. The fourth-order valence-electron chi connectivity index (χ4n) is 3.41. The largest absolute Gasteiger partial charge is 0.356 e. The summed E-state index contributed by atoms with van der Waals surface area (Å²) in [4.78, 5) is 32.7. The zero-order valence-electron chi connectivity index (χ0n) is 17.5. The van der Waals surface area contributed by atoms with Crippen molar-refractivity contribution in [2.24, 2.45) is 4.99 Å². The van der Waals surface area contributed by atoms with Crippen LogP contribution in [0.5, 0.6) is 0 Å². The van der Waals surface area contributed by atoms with E-state index >= 15 is 0 Å². The highest BCUT2D eigenvalue weighted by molar-refractivity contribution is 14.0. The number of carbonyl (C=O) groups is 2. The minimum atomic E-state index is -0.273. The maximum atomic E-state index is 12.6. The maximum absolute atomic E-state index is 12.6. The van der Waals surface area contributed by atoms with Crippen LogP contribution in [-0.2, 0) is 9.59 Å². The van der Waals surface area contributed by atoms with E-state index in [1.54, 1.807) is 7.05 Å². The van der Waals surface area contributed by atoms with Crippen molar-refractivity contribution in [3.63, 3.8) is 0 Å². The Bertz CT molecular complexity index is 526. The molecule has 7 nitrogen and oxygen atoms in total. The van der Waals surface area contributed by atoms with E-state index in [4.69, 9.17) is 0 Å². The number of hydrogen-bond acceptors (Lipinski definition) is 3. The van der Waals surface area contributed by atoms with Gasteiger partial charge in [0.15, 0.2) is 5.96 Å². The van der Waals surface area contributed by atoms with Gasteiger partial charge in [-0.1, -0.05) is 0 Å². The van der Waals surface area contributed by atoms with Crippen molar-refractivity contribution >= 4 is 41.8 Å². The van der Waals surface area contributed by atoms with E-state index in [-0.39, 0.29) is 52.9 Å². The number of hydrogen-bond donors (Lipinski definition) is 2. The van der Waals surface area contributed by atoms with Crippen molar-refractivity contribution in [1.82, 2.24) is 20.4 Å². The molecule has 0 aromatic carbocycles. The SMILES string of the molecule is CN=C(NCCC(=O)NC(C)(C)C)N1CC(=O)N(C(C)C)C(C)(C)C1.I. The van der Waals surface area contributed by atoms with Crippen LogP contribution in [0.25, 0.3) is 0 Å². The third-order valence-corrected chi connectivity index (χ3v) is 4.00. The van der Waals surface area contributed by atoms with Crippen LogP contribution in [0.3, 0.4) is 0 Å². The molecular weight excluding hydrogens is 445 g/mol. The monoisotopic (exact) mass is 481 g/mol. The van der Waals surface area contributed by atoms with Crippen molar-refractivity contribution in [2.75, 3.05) is 26.7 Å². The molecule has 1 heterocycles. The standard InChI is InChI=1S/C18H35N5O2.HI/c1-13(2)23-15(25)11-22(12-18(23,6)7)16(19-8)20-10-9-14(24)21-17(3,4)5;/h13H,9-12H2,1-8H3,(H,19,20)(H,21,24);1H. The molecule has 1 aliphatic heterocycles. The molecule has 0 radical (unpaired) electrons. The van der Waals surface area contributed by atoms with Crippen LogP contribution < -0.4 is 10.6 Å². The van der Waals surface area contributed by atoms with E-state index in [0.29, 0.717) is 32.0 Å². The molecule has 0 saturated carbocycles. The predicted octanol–water partition coefficient (Wildman–Crippen LogP) is 1.82. The molecule has 8 heteroatoms. The number of rotatable bonds is 4. The van der Waals surface area contributed by atoms with Crippen molar-refractivity contribution in [1.29, 1.82) is 0 Å². The summed E-state index contributed by atoms with van der Waals surface area (Å²) in [6.45, 7) is 15.6. The molecule has 0 unspecified atom stereocenters. The van der Waals surface area contributed by atoms with Gasteiger partial charge in [0.25, 0.3) is 0 Å². The minimum absolute atomic E-state index is 0. The molecule has 0 aliphatic carbocycles. The van der Waals surface area contributed by atoms with Crippen LogP contribution in [0.2, 0.25) is 0 Å². The van der Waals surface area contributed by atoms with E-state index in [2.05, 4.69) is 29.5 Å². The molecule has 1 fully saturated rings. The second kappa shape index (κ2) is 9.75. The van der Waals surface area contributed by atoms with Gasteiger partial charge >= 0.3 is 0 Å². The van der Waals surface area contributed by atoms with Crippen molar-refractivity contribution in [2.45, 2.75) is 72.0 Å². The summed E-state index contributed by atoms with van der Waals surface area (Å²) in [6.07, 6.45) is 0.361. The summed E-state index contributed by atoms with van der Waals surface area (Å²) < 4.78 is 0. The quantitative estimate of drug-likeness (QED) is 0.365. The van der Waals surface area contributed by atoms with Gasteiger partial charge in [-0.25, -0.2) is 0 Å². The molecule has 1 saturated heterocycles.